The molecule has 0 spiro atoms. The lowest BCUT2D eigenvalue weighted by atomic mass is 10.5. The van der Waals surface area contributed by atoms with E-state index in [2.05, 4.69) is 19.9 Å². The minimum atomic E-state index is -0.899. The summed E-state index contributed by atoms with van der Waals surface area (Å²) in [6.07, 6.45) is 1.31. The minimum Gasteiger partial charge on any atom is -0.480 e. The molecule has 0 amide bonds. The van der Waals surface area contributed by atoms with E-state index in [9.17, 15) is 4.79 Å². The number of nitrogen functional groups attached to an aromatic ring is 1. The van der Waals surface area contributed by atoms with Crippen LogP contribution in [-0.4, -0.2) is 36.3 Å². The van der Waals surface area contributed by atoms with Gasteiger partial charge in [-0.05, 0) is 6.92 Å². The lowest BCUT2D eigenvalue weighted by Crippen LogP contribution is -2.11. The van der Waals surface area contributed by atoms with Gasteiger partial charge in [-0.3, -0.25) is 4.79 Å². The molecule has 0 fully saturated rings. The number of nitrogens with one attached hydrogen (secondary N) is 1. The van der Waals surface area contributed by atoms with Crippen molar-refractivity contribution in [1.82, 2.24) is 19.9 Å². The second kappa shape index (κ2) is 3.97. The Bertz CT molecular complexity index is 540. The molecule has 0 saturated carbocycles. The van der Waals surface area contributed by atoms with E-state index < -0.39 is 11.2 Å². The van der Waals surface area contributed by atoms with Crippen molar-refractivity contribution in [3.05, 3.63) is 6.33 Å². The summed E-state index contributed by atoms with van der Waals surface area (Å²) < 4.78 is 0. The van der Waals surface area contributed by atoms with Gasteiger partial charge in [-0.1, -0.05) is 11.8 Å². The van der Waals surface area contributed by atoms with Crippen LogP contribution < -0.4 is 5.73 Å². The zero-order valence-electron chi connectivity index (χ0n) is 8.34. The molecule has 2 heterocycles. The van der Waals surface area contributed by atoms with E-state index in [-0.39, 0.29) is 0 Å². The molecule has 0 saturated heterocycles. The third-order valence-corrected chi connectivity index (χ3v) is 2.90. The Hall–Kier alpha value is -1.83. The number of anilines is 1. The molecule has 0 aromatic carbocycles. The minimum absolute atomic E-state index is 0.298. The van der Waals surface area contributed by atoms with Crippen LogP contribution in [0.3, 0.4) is 0 Å². The number of rotatable bonds is 3. The molecule has 2 aromatic rings. The van der Waals surface area contributed by atoms with Crippen LogP contribution in [-0.2, 0) is 4.79 Å². The van der Waals surface area contributed by atoms with Gasteiger partial charge in [0.05, 0.1) is 0 Å². The number of thioether (sulfide) groups is 1. The lowest BCUT2D eigenvalue weighted by Gasteiger charge is -2.00. The number of aliphatic carboxylic acids is 1. The van der Waals surface area contributed by atoms with Crippen molar-refractivity contribution >= 4 is 34.7 Å². The Morgan fingerprint density at radius 3 is 3.00 bits per heavy atom. The topological polar surface area (TPSA) is 118 Å². The monoisotopic (exact) mass is 239 g/mol. The third kappa shape index (κ3) is 1.91. The van der Waals surface area contributed by atoms with Crippen LogP contribution >= 0.6 is 11.8 Å². The van der Waals surface area contributed by atoms with Crippen LogP contribution in [0.25, 0.3) is 11.2 Å². The third-order valence-electron chi connectivity index (χ3n) is 1.93. The Morgan fingerprint density at radius 1 is 1.62 bits per heavy atom. The fourth-order valence-corrected chi connectivity index (χ4v) is 1.83. The standard InChI is InChI=1S/C8H9N5O2S/c1-3(7(14)15)16-8-12-4-5(9)10-2-11-6(4)13-8/h2-3H,1H3,(H,14,15)(H3,9,10,11,12,13). The summed E-state index contributed by atoms with van der Waals surface area (Å²) in [5, 5.41) is 8.64. The molecule has 8 heteroatoms. The fourth-order valence-electron chi connectivity index (χ4n) is 1.10. The largest absolute Gasteiger partial charge is 0.480 e. The van der Waals surface area contributed by atoms with Crippen LogP contribution in [0.2, 0.25) is 0 Å². The Labute approximate surface area is 94.5 Å². The second-order valence-electron chi connectivity index (χ2n) is 3.10. The van der Waals surface area contributed by atoms with E-state index in [1.807, 2.05) is 0 Å². The van der Waals surface area contributed by atoms with E-state index >= 15 is 0 Å². The van der Waals surface area contributed by atoms with Crippen LogP contribution in [0, 0.1) is 0 Å². The van der Waals surface area contributed by atoms with Gasteiger partial charge in [-0.2, -0.15) is 0 Å². The average molecular weight is 239 g/mol. The first-order chi connectivity index (χ1) is 7.58. The maximum Gasteiger partial charge on any atom is 0.316 e. The van der Waals surface area contributed by atoms with Crippen molar-refractivity contribution < 1.29 is 9.90 Å². The molecule has 1 atom stereocenters. The van der Waals surface area contributed by atoms with E-state index in [1.165, 1.54) is 6.33 Å². The van der Waals surface area contributed by atoms with Crippen molar-refractivity contribution in [2.45, 2.75) is 17.3 Å². The average Bonchev–Trinajstić information content (AvgIpc) is 2.61. The quantitative estimate of drug-likeness (QED) is 0.667. The molecule has 0 radical (unpaired) electrons. The molecule has 2 rings (SSSR count). The van der Waals surface area contributed by atoms with Gasteiger partial charge in [0.25, 0.3) is 0 Å². The molecule has 7 nitrogen and oxygen atoms in total. The van der Waals surface area contributed by atoms with Gasteiger partial charge in [-0.15, -0.1) is 0 Å². The Morgan fingerprint density at radius 2 is 2.38 bits per heavy atom. The first-order valence-electron chi connectivity index (χ1n) is 4.43. The van der Waals surface area contributed by atoms with Gasteiger partial charge in [-0.25, -0.2) is 15.0 Å². The molecular weight excluding hydrogens is 230 g/mol. The molecular formula is C8H9N5O2S. The molecule has 0 aliphatic heterocycles. The molecule has 2 aromatic heterocycles. The summed E-state index contributed by atoms with van der Waals surface area (Å²) in [6, 6.07) is 0. The number of imidazole rings is 1. The number of carbonyl (C=O) groups is 1. The van der Waals surface area contributed by atoms with Gasteiger partial charge in [0.2, 0.25) is 0 Å². The molecule has 84 valence electrons. The number of hydrogen-bond acceptors (Lipinski definition) is 6. The summed E-state index contributed by atoms with van der Waals surface area (Å²) >= 11 is 1.10. The van der Waals surface area contributed by atoms with Crippen molar-refractivity contribution in [1.29, 1.82) is 0 Å². The Kier molecular flexibility index (Phi) is 2.65. The van der Waals surface area contributed by atoms with Crippen LogP contribution in [0.1, 0.15) is 6.92 Å². The second-order valence-corrected chi connectivity index (χ2v) is 4.43. The number of fused-ring (bicyclic) bond motifs is 1. The van der Waals surface area contributed by atoms with E-state index in [1.54, 1.807) is 6.92 Å². The maximum absolute atomic E-state index is 10.7. The highest BCUT2D eigenvalue weighted by Crippen LogP contribution is 2.23. The van der Waals surface area contributed by atoms with E-state index in [0.29, 0.717) is 22.1 Å². The van der Waals surface area contributed by atoms with E-state index in [0.717, 1.165) is 11.8 Å². The number of carboxylic acids is 1. The van der Waals surface area contributed by atoms with Gasteiger partial charge >= 0.3 is 5.97 Å². The van der Waals surface area contributed by atoms with Gasteiger partial charge in [0, 0.05) is 0 Å². The summed E-state index contributed by atoms with van der Waals surface area (Å²) in [7, 11) is 0. The predicted molar refractivity (Wildman–Crippen MR) is 59.1 cm³/mol. The molecule has 0 aliphatic rings. The molecule has 4 N–H and O–H groups in total. The SMILES string of the molecule is CC(Sc1nc2ncnc(N)c2[nH]1)C(=O)O. The zero-order valence-corrected chi connectivity index (χ0v) is 9.15. The van der Waals surface area contributed by atoms with Gasteiger partial charge in [0.1, 0.15) is 17.1 Å². The van der Waals surface area contributed by atoms with Gasteiger partial charge < -0.3 is 15.8 Å². The highest BCUT2D eigenvalue weighted by atomic mass is 32.2. The predicted octanol–water partition coefficient (Wildman–Crippen LogP) is 0.500. The number of aromatic amines is 1. The van der Waals surface area contributed by atoms with Crippen LogP contribution in [0.5, 0.6) is 0 Å². The van der Waals surface area contributed by atoms with Crippen molar-refractivity contribution in [3.63, 3.8) is 0 Å². The first kappa shape index (κ1) is 10.7. The number of aromatic nitrogens is 4. The van der Waals surface area contributed by atoms with Gasteiger partial charge in [0.15, 0.2) is 16.6 Å². The number of nitrogens with two attached hydrogens (primary N) is 1. The highest BCUT2D eigenvalue weighted by molar-refractivity contribution is 8.00. The molecule has 16 heavy (non-hydrogen) atoms. The summed E-state index contributed by atoms with van der Waals surface area (Å²) in [6.45, 7) is 1.58. The summed E-state index contributed by atoms with van der Waals surface area (Å²) in [5.41, 5.74) is 6.58. The highest BCUT2D eigenvalue weighted by Gasteiger charge is 2.16. The van der Waals surface area contributed by atoms with Crippen LogP contribution in [0.15, 0.2) is 11.5 Å². The molecule has 0 aliphatic carbocycles. The van der Waals surface area contributed by atoms with Crippen molar-refractivity contribution in [2.24, 2.45) is 0 Å². The lowest BCUT2D eigenvalue weighted by molar-refractivity contribution is -0.136. The summed E-state index contributed by atoms with van der Waals surface area (Å²) in [5.74, 6) is -0.600. The van der Waals surface area contributed by atoms with E-state index in [4.69, 9.17) is 10.8 Å². The molecule has 0 bridgehead atoms. The smallest absolute Gasteiger partial charge is 0.316 e. The van der Waals surface area contributed by atoms with Crippen LogP contribution in [0.4, 0.5) is 5.82 Å². The number of nitrogens with zero attached hydrogens (tertiary/aromatic N) is 3. The maximum atomic E-state index is 10.7. The summed E-state index contributed by atoms with van der Waals surface area (Å²) in [4.78, 5) is 25.4. The fraction of sp³-hybridized carbons (Fsp3) is 0.250. The normalized spacial score (nSPS) is 12.8. The first-order valence-corrected chi connectivity index (χ1v) is 5.31. The van der Waals surface area contributed by atoms with Crippen molar-refractivity contribution in [2.75, 3.05) is 5.73 Å². The van der Waals surface area contributed by atoms with Crippen molar-refractivity contribution in [3.8, 4) is 0 Å². The number of carboxylic acid groups (broad SMARTS) is 1. The Balaban J connectivity index is 2.33. The molecule has 1 unspecified atom stereocenters. The number of H-pyrrole nitrogens is 1. The number of hydrogen-bond donors (Lipinski definition) is 3. The zero-order chi connectivity index (χ0) is 11.7.